The molecule has 1 aliphatic rings. The maximum absolute atomic E-state index is 13.3. The van der Waals surface area contributed by atoms with Crippen molar-refractivity contribution in [3.63, 3.8) is 0 Å². The Bertz CT molecular complexity index is 371. The molecule has 0 unspecified atom stereocenters. The van der Waals surface area contributed by atoms with E-state index in [0.29, 0.717) is 19.6 Å². The van der Waals surface area contributed by atoms with Crippen LogP contribution in [0.3, 0.4) is 0 Å². The number of alkyl halides is 1. The van der Waals surface area contributed by atoms with Crippen molar-refractivity contribution in [2.75, 3.05) is 13.1 Å². The van der Waals surface area contributed by atoms with Crippen LogP contribution in [0.4, 0.5) is 4.39 Å². The first-order valence-electron chi connectivity index (χ1n) is 5.64. The smallest absolute Gasteiger partial charge is 0.142 e. The summed E-state index contributed by atoms with van der Waals surface area (Å²) >= 11 is 0. The largest absolute Gasteiger partial charge is 0.361 e. The molecule has 0 N–H and O–H groups in total. The van der Waals surface area contributed by atoms with Crippen LogP contribution in [0, 0.1) is 0 Å². The van der Waals surface area contributed by atoms with Gasteiger partial charge in [-0.15, -0.1) is 0 Å². The van der Waals surface area contributed by atoms with Crippen molar-refractivity contribution in [3.8, 4) is 0 Å². The molecule has 0 radical (unpaired) electrons. The summed E-state index contributed by atoms with van der Waals surface area (Å²) in [7, 11) is 0. The molecule has 16 heavy (non-hydrogen) atoms. The Morgan fingerprint density at radius 2 is 2.12 bits per heavy atom. The summed E-state index contributed by atoms with van der Waals surface area (Å²) in [4.78, 5) is 2.03. The molecular weight excluding hydrogens is 207 g/mol. The second-order valence-electron chi connectivity index (χ2n) is 5.99. The minimum Gasteiger partial charge on any atom is -0.361 e. The van der Waals surface area contributed by atoms with E-state index in [0.717, 1.165) is 11.5 Å². The molecule has 1 aromatic heterocycles. The van der Waals surface area contributed by atoms with E-state index in [1.807, 2.05) is 11.0 Å². The fraction of sp³-hybridized carbons (Fsp3) is 0.750. The zero-order valence-electron chi connectivity index (χ0n) is 10.4. The van der Waals surface area contributed by atoms with E-state index < -0.39 is 5.67 Å². The Balaban J connectivity index is 1.94. The molecule has 4 heteroatoms. The number of hydrogen-bond acceptors (Lipinski definition) is 3. The predicted octanol–water partition coefficient (Wildman–Crippen LogP) is 2.52. The molecule has 1 saturated heterocycles. The molecule has 0 spiro atoms. The molecular formula is C12H19FN2O. The van der Waals surface area contributed by atoms with Crippen molar-refractivity contribution >= 4 is 0 Å². The minimum absolute atomic E-state index is 0.0190. The highest BCUT2D eigenvalue weighted by molar-refractivity contribution is 5.13. The topological polar surface area (TPSA) is 29.3 Å². The third-order valence-corrected chi connectivity index (χ3v) is 2.79. The van der Waals surface area contributed by atoms with Crippen LogP contribution in [-0.2, 0) is 12.0 Å². The first-order chi connectivity index (χ1) is 7.26. The van der Waals surface area contributed by atoms with Crippen molar-refractivity contribution in [3.05, 3.63) is 17.5 Å². The molecule has 0 atom stereocenters. The van der Waals surface area contributed by atoms with Crippen LogP contribution in [0.1, 0.15) is 39.1 Å². The number of halogens is 1. The molecule has 0 bridgehead atoms. The number of hydrogen-bond donors (Lipinski definition) is 0. The van der Waals surface area contributed by atoms with Crippen LogP contribution in [0.25, 0.3) is 0 Å². The van der Waals surface area contributed by atoms with Gasteiger partial charge in [-0.1, -0.05) is 25.9 Å². The standard InChI is InChI=1S/C12H19FN2O/c1-11(2,3)10-5-9(14-16-10)6-15-7-12(4,13)8-15/h5H,6-8H2,1-4H3. The predicted molar refractivity (Wildman–Crippen MR) is 60.0 cm³/mol. The lowest BCUT2D eigenvalue weighted by molar-refractivity contribution is -0.0236. The van der Waals surface area contributed by atoms with Gasteiger partial charge in [-0.3, -0.25) is 4.90 Å². The maximum Gasteiger partial charge on any atom is 0.142 e. The van der Waals surface area contributed by atoms with E-state index in [1.54, 1.807) is 6.92 Å². The summed E-state index contributed by atoms with van der Waals surface area (Å²) < 4.78 is 18.5. The van der Waals surface area contributed by atoms with Crippen molar-refractivity contribution in [1.82, 2.24) is 10.1 Å². The van der Waals surface area contributed by atoms with Crippen LogP contribution >= 0.6 is 0 Å². The zero-order chi connectivity index (χ0) is 12.0. The zero-order valence-corrected chi connectivity index (χ0v) is 10.4. The summed E-state index contributed by atoms with van der Waals surface area (Å²) in [5.41, 5.74) is -0.147. The molecule has 2 rings (SSSR count). The number of aromatic nitrogens is 1. The van der Waals surface area contributed by atoms with Gasteiger partial charge in [-0.25, -0.2) is 4.39 Å². The molecule has 1 aromatic rings. The average Bonchev–Trinajstić information content (AvgIpc) is 2.48. The van der Waals surface area contributed by atoms with Gasteiger partial charge in [-0.05, 0) is 6.92 Å². The van der Waals surface area contributed by atoms with Crippen LogP contribution in [-0.4, -0.2) is 28.8 Å². The van der Waals surface area contributed by atoms with Crippen LogP contribution in [0.2, 0.25) is 0 Å². The molecule has 0 aliphatic carbocycles. The number of nitrogens with zero attached hydrogens (tertiary/aromatic N) is 2. The Morgan fingerprint density at radius 3 is 2.56 bits per heavy atom. The lowest BCUT2D eigenvalue weighted by atomic mass is 9.93. The van der Waals surface area contributed by atoms with Crippen molar-refractivity contribution in [1.29, 1.82) is 0 Å². The molecule has 0 amide bonds. The average molecular weight is 226 g/mol. The van der Waals surface area contributed by atoms with Gasteiger partial charge in [0.15, 0.2) is 0 Å². The molecule has 2 heterocycles. The van der Waals surface area contributed by atoms with Gasteiger partial charge in [0.2, 0.25) is 0 Å². The van der Waals surface area contributed by atoms with Gasteiger partial charge in [0.25, 0.3) is 0 Å². The molecule has 1 aliphatic heterocycles. The fourth-order valence-electron chi connectivity index (χ4n) is 1.97. The van der Waals surface area contributed by atoms with Crippen molar-refractivity contribution < 1.29 is 8.91 Å². The van der Waals surface area contributed by atoms with Gasteiger partial charge in [-0.2, -0.15) is 0 Å². The summed E-state index contributed by atoms with van der Waals surface area (Å²) in [6.07, 6.45) is 0. The quantitative estimate of drug-likeness (QED) is 0.776. The van der Waals surface area contributed by atoms with Gasteiger partial charge in [0.1, 0.15) is 11.4 Å². The Morgan fingerprint density at radius 1 is 1.50 bits per heavy atom. The van der Waals surface area contributed by atoms with E-state index >= 15 is 0 Å². The summed E-state index contributed by atoms with van der Waals surface area (Å²) in [5, 5.41) is 4.01. The first-order valence-corrected chi connectivity index (χ1v) is 5.64. The van der Waals surface area contributed by atoms with Crippen molar-refractivity contribution in [2.24, 2.45) is 0 Å². The Hall–Kier alpha value is -0.900. The molecule has 1 fully saturated rings. The molecule has 0 saturated carbocycles. The van der Waals surface area contributed by atoms with Crippen LogP contribution < -0.4 is 0 Å². The number of rotatable bonds is 2. The highest BCUT2D eigenvalue weighted by Gasteiger charge is 2.38. The summed E-state index contributed by atoms with van der Waals surface area (Å²) in [6.45, 7) is 9.54. The van der Waals surface area contributed by atoms with Gasteiger partial charge in [0.05, 0.1) is 5.69 Å². The third kappa shape index (κ3) is 2.43. The van der Waals surface area contributed by atoms with Gasteiger partial charge in [0, 0.05) is 31.1 Å². The monoisotopic (exact) mass is 226 g/mol. The molecule has 3 nitrogen and oxygen atoms in total. The Labute approximate surface area is 95.6 Å². The minimum atomic E-state index is -1.02. The van der Waals surface area contributed by atoms with E-state index in [1.165, 1.54) is 0 Å². The highest BCUT2D eigenvalue weighted by Crippen LogP contribution is 2.27. The normalized spacial score (nSPS) is 20.8. The maximum atomic E-state index is 13.3. The van der Waals surface area contributed by atoms with Crippen LogP contribution in [0.5, 0.6) is 0 Å². The molecule has 90 valence electrons. The van der Waals surface area contributed by atoms with E-state index in [2.05, 4.69) is 25.9 Å². The summed E-state index contributed by atoms with van der Waals surface area (Å²) in [5.74, 6) is 0.881. The lowest BCUT2D eigenvalue weighted by Crippen LogP contribution is -2.56. The lowest BCUT2D eigenvalue weighted by Gasteiger charge is -2.41. The SMILES string of the molecule is CC1(F)CN(Cc2cc(C(C)(C)C)on2)C1. The van der Waals surface area contributed by atoms with Gasteiger partial charge >= 0.3 is 0 Å². The fourth-order valence-corrected chi connectivity index (χ4v) is 1.97. The summed E-state index contributed by atoms with van der Waals surface area (Å²) in [6, 6.07) is 1.97. The Kier molecular flexibility index (Phi) is 2.57. The van der Waals surface area contributed by atoms with Gasteiger partial charge < -0.3 is 4.52 Å². The highest BCUT2D eigenvalue weighted by atomic mass is 19.1. The van der Waals surface area contributed by atoms with Crippen LogP contribution in [0.15, 0.2) is 10.6 Å². The van der Waals surface area contributed by atoms with E-state index in [4.69, 9.17) is 4.52 Å². The first kappa shape index (κ1) is 11.6. The second kappa shape index (κ2) is 3.55. The van der Waals surface area contributed by atoms with Crippen molar-refractivity contribution in [2.45, 2.75) is 45.3 Å². The third-order valence-electron chi connectivity index (χ3n) is 2.79. The second-order valence-corrected chi connectivity index (χ2v) is 5.99. The molecule has 0 aromatic carbocycles. The van der Waals surface area contributed by atoms with E-state index in [9.17, 15) is 4.39 Å². The van der Waals surface area contributed by atoms with E-state index in [-0.39, 0.29) is 5.41 Å². The number of likely N-dealkylation sites (tertiary alicyclic amines) is 1.